The Morgan fingerprint density at radius 1 is 0.842 bits per heavy atom. The Bertz CT molecular complexity index is 1300. The van der Waals surface area contributed by atoms with Gasteiger partial charge in [0.1, 0.15) is 0 Å². The van der Waals surface area contributed by atoms with Crippen LogP contribution in [0.25, 0.3) is 32.7 Å². The van der Waals surface area contributed by atoms with Crippen molar-refractivity contribution in [3.05, 3.63) is 108 Å². The van der Waals surface area contributed by atoms with Gasteiger partial charge in [0, 0.05) is 9.52 Å². The third kappa shape index (κ3) is 9.06. The Morgan fingerprint density at radius 2 is 1.50 bits per heavy atom. The molecule has 1 aliphatic rings. The van der Waals surface area contributed by atoms with Gasteiger partial charge in [0.05, 0.1) is 0 Å². The maximum absolute atomic E-state index is 4.93. The van der Waals surface area contributed by atoms with Crippen LogP contribution < -0.4 is 0 Å². The Kier molecular flexibility index (Phi) is 14.1. The van der Waals surface area contributed by atoms with Crippen molar-refractivity contribution >= 4 is 48.1 Å². The van der Waals surface area contributed by atoms with Gasteiger partial charge in [-0.05, 0) is 36.3 Å². The van der Waals surface area contributed by atoms with Crippen LogP contribution in [0.4, 0.5) is 0 Å². The molecule has 5 aromatic rings. The van der Waals surface area contributed by atoms with E-state index in [1.54, 1.807) is 0 Å². The fourth-order valence-corrected chi connectivity index (χ4v) is 5.19. The third-order valence-corrected chi connectivity index (χ3v) is 7.06. The first-order valence-corrected chi connectivity index (χ1v) is 21.9. The minimum absolute atomic E-state index is 0.791. The van der Waals surface area contributed by atoms with Gasteiger partial charge in [-0.25, -0.2) is 0 Å². The summed E-state index contributed by atoms with van der Waals surface area (Å²) in [5.41, 5.74) is 5.70. The molecule has 5 aromatic carbocycles. The van der Waals surface area contributed by atoms with E-state index in [0.717, 1.165) is 21.9 Å². The molecule has 0 aromatic heterocycles. The molecule has 196 valence electrons. The average Bonchev–Trinajstić information content (AvgIpc) is 3.62. The second-order valence-electron chi connectivity index (χ2n) is 9.71. The fourth-order valence-electron chi connectivity index (χ4n) is 5.19. The maximum Gasteiger partial charge on any atom is -0.0809 e. The predicted octanol–water partition coefficient (Wildman–Crippen LogP) is 11.6. The molecule has 0 atom stereocenters. The van der Waals surface area contributed by atoms with Crippen LogP contribution in [0.5, 0.6) is 0 Å². The summed E-state index contributed by atoms with van der Waals surface area (Å²) in [4.78, 5) is 0. The van der Waals surface area contributed by atoms with Crippen molar-refractivity contribution in [2.75, 3.05) is 0 Å². The Balaban J connectivity index is 0.000000219. The predicted molar refractivity (Wildman–Crippen MR) is 169 cm³/mol. The number of halogens is 2. The van der Waals surface area contributed by atoms with E-state index in [9.17, 15) is 0 Å². The topological polar surface area (TPSA) is 0 Å². The number of fused-ring (bicyclic) bond motifs is 2. The Morgan fingerprint density at radius 3 is 2.16 bits per heavy atom. The van der Waals surface area contributed by atoms with Gasteiger partial charge in [-0.2, -0.15) is 23.6 Å². The zero-order chi connectivity index (χ0) is 27.2. The molecule has 38 heavy (non-hydrogen) atoms. The van der Waals surface area contributed by atoms with Gasteiger partial charge in [0.15, 0.2) is 0 Å². The third-order valence-electron chi connectivity index (χ3n) is 7.06. The summed E-state index contributed by atoms with van der Waals surface area (Å²) in [7, 11) is 11.0. The number of hydrogen-bond donors (Lipinski definition) is 0. The van der Waals surface area contributed by atoms with E-state index in [1.807, 2.05) is 0 Å². The summed E-state index contributed by atoms with van der Waals surface area (Å²) in [5.74, 6) is 0.791. The van der Waals surface area contributed by atoms with Crippen LogP contribution in [0.2, 0.25) is 13.1 Å². The first kappa shape index (κ1) is 31.1. The minimum Gasteiger partial charge on any atom is -0.168 e. The van der Waals surface area contributed by atoms with Crippen LogP contribution in [0.1, 0.15) is 56.1 Å². The van der Waals surface area contributed by atoms with Crippen molar-refractivity contribution in [1.29, 1.82) is 0 Å². The molecule has 0 aliphatic heterocycles. The van der Waals surface area contributed by atoms with Gasteiger partial charge in [-0.1, -0.05) is 81.2 Å². The summed E-state index contributed by atoms with van der Waals surface area (Å²) in [6.45, 7) is 6.53. The van der Waals surface area contributed by atoms with Crippen molar-refractivity contribution in [1.82, 2.24) is 0 Å². The van der Waals surface area contributed by atoms with Gasteiger partial charge in [-0.15, -0.1) is 64.2 Å². The number of aryl methyl sites for hydroxylation is 1. The molecular formula is C34H38Cl2SiZr. The number of hydrogen-bond acceptors (Lipinski definition) is 0. The molecule has 6 rings (SSSR count). The fraction of sp³-hybridized carbons (Fsp3) is 0.294. The van der Waals surface area contributed by atoms with Crippen molar-refractivity contribution < 1.29 is 20.8 Å². The van der Waals surface area contributed by atoms with Gasteiger partial charge in [-0.3, -0.25) is 0 Å². The molecule has 0 N–H and O–H groups in total. The first-order chi connectivity index (χ1) is 18.6. The zero-order valence-electron chi connectivity index (χ0n) is 22.8. The van der Waals surface area contributed by atoms with E-state index in [0.29, 0.717) is 0 Å². The zero-order valence-corrected chi connectivity index (χ0v) is 27.8. The van der Waals surface area contributed by atoms with E-state index in [2.05, 4.69) is 117 Å². The summed E-state index contributed by atoms with van der Waals surface area (Å²) in [6.07, 6.45) is 8.08. The molecule has 0 spiro atoms. The summed E-state index contributed by atoms with van der Waals surface area (Å²) in [6, 6.07) is 35.4. The summed E-state index contributed by atoms with van der Waals surface area (Å²) in [5, 5.41) is 5.43. The van der Waals surface area contributed by atoms with Crippen LogP contribution in [0, 0.1) is 0 Å². The van der Waals surface area contributed by atoms with E-state index in [4.69, 9.17) is 17.0 Å². The molecule has 1 saturated carbocycles. The smallest absolute Gasteiger partial charge is 0.0809 e. The summed E-state index contributed by atoms with van der Waals surface area (Å²) < 4.78 is 0. The minimum atomic E-state index is -0.826. The average molecular weight is 637 g/mol. The van der Waals surface area contributed by atoms with Crippen molar-refractivity contribution in [2.45, 2.75) is 64.5 Å². The molecular weight excluding hydrogens is 599 g/mol. The molecule has 0 nitrogen and oxygen atoms in total. The van der Waals surface area contributed by atoms with Gasteiger partial charge < -0.3 is 0 Å². The van der Waals surface area contributed by atoms with E-state index in [-0.39, 0.29) is 0 Å². The molecule has 4 heteroatoms. The van der Waals surface area contributed by atoms with Crippen LogP contribution in [-0.2, 0) is 27.3 Å². The molecule has 0 heterocycles. The van der Waals surface area contributed by atoms with Crippen molar-refractivity contribution in [2.24, 2.45) is 0 Å². The number of benzene rings is 3. The molecule has 0 saturated heterocycles. The van der Waals surface area contributed by atoms with E-state index < -0.39 is 20.8 Å². The normalized spacial score (nSPS) is 12.9. The van der Waals surface area contributed by atoms with Gasteiger partial charge in [0.25, 0.3) is 0 Å². The molecule has 0 amide bonds. The molecule has 0 bridgehead atoms. The van der Waals surface area contributed by atoms with Crippen molar-refractivity contribution in [3.8, 4) is 11.1 Å². The van der Waals surface area contributed by atoms with Crippen LogP contribution >= 0.6 is 17.0 Å². The summed E-state index contributed by atoms with van der Waals surface area (Å²) >= 11 is -0.826. The standard InChI is InChI=1S/C23H25.C9H7.C2H6Si.2ClH.Zr/c1-2-17-15-21-9-6-10-22(23(21)16-17)20-13-11-19(12-14-20)18-7-4-3-5-8-18;1-2-5-9-7-3-6-8(9)4-1;1-3-2;;;/h6,9-16,18H,2-5,7-8H2,1H3;1-7H;1-2H3;2*1H;/q2*-1;;;;+4/p-2. The van der Waals surface area contributed by atoms with Crippen LogP contribution in [0.3, 0.4) is 0 Å². The van der Waals surface area contributed by atoms with Crippen LogP contribution in [0.15, 0.2) is 97.1 Å². The Labute approximate surface area is 251 Å². The van der Waals surface area contributed by atoms with E-state index in [1.165, 1.54) is 75.9 Å². The second-order valence-corrected chi connectivity index (χ2v) is 14.4. The second kappa shape index (κ2) is 17.3. The van der Waals surface area contributed by atoms with Gasteiger partial charge in [0.2, 0.25) is 0 Å². The Hall–Kier alpha value is -1.44. The molecule has 2 radical (unpaired) electrons. The quantitative estimate of drug-likeness (QED) is 0.137. The van der Waals surface area contributed by atoms with Gasteiger partial charge >= 0.3 is 37.9 Å². The SMILES string of the molecule is CCc1cc2c(-c3ccc(C4CCCCC4)cc3)cccc2[cH-]1.C[Si]C.[Cl][Zr+2][Cl].c1ccc2[cH-]ccc2c1. The molecule has 1 aliphatic carbocycles. The van der Waals surface area contributed by atoms with E-state index >= 15 is 0 Å². The largest absolute Gasteiger partial charge is 0.168 e. The number of rotatable bonds is 3. The first-order valence-electron chi connectivity index (χ1n) is 13.6. The van der Waals surface area contributed by atoms with Crippen molar-refractivity contribution in [3.63, 3.8) is 0 Å². The van der Waals surface area contributed by atoms with Crippen LogP contribution in [-0.4, -0.2) is 9.52 Å². The monoisotopic (exact) mass is 634 g/mol. The molecule has 1 fully saturated rings. The maximum atomic E-state index is 4.93. The molecule has 0 unspecified atom stereocenters.